The molecule has 0 aliphatic heterocycles. The Kier molecular flexibility index (Phi) is 7.51. The molecule has 2 aliphatic carbocycles. The van der Waals surface area contributed by atoms with E-state index in [1.54, 1.807) is 0 Å². The normalized spacial score (nSPS) is 32.4. The minimum absolute atomic E-state index is 0.0148. The number of halogens is 15. The molecule has 7 unspecified atom stereocenters. The lowest BCUT2D eigenvalue weighted by Gasteiger charge is -2.55. The summed E-state index contributed by atoms with van der Waals surface area (Å²) in [5.74, 6) is -18.5. The molecular formula is C19H21F15O4. The fraction of sp³-hybridized carbons (Fsp3) is 1.00. The first-order valence-corrected chi connectivity index (χ1v) is 10.5. The molecule has 2 saturated carbocycles. The van der Waals surface area contributed by atoms with Gasteiger partial charge in [0, 0.05) is 24.2 Å². The molecule has 0 amide bonds. The van der Waals surface area contributed by atoms with Crippen LogP contribution in [-0.4, -0.2) is 69.1 Å². The number of fused-ring (bicyclic) bond motifs is 2. The summed E-state index contributed by atoms with van der Waals surface area (Å²) in [5.41, 5.74) is -19.8. The third-order valence-corrected chi connectivity index (χ3v) is 8.18. The lowest BCUT2D eigenvalue weighted by atomic mass is 9.53. The van der Waals surface area contributed by atoms with Gasteiger partial charge in [0.05, 0.1) is 0 Å². The van der Waals surface area contributed by atoms with Crippen LogP contribution in [0.1, 0.15) is 33.6 Å². The largest absolute Gasteiger partial charge is 0.426 e. The molecule has 2 rings (SSSR count). The minimum Gasteiger partial charge on any atom is -0.373 e. The van der Waals surface area contributed by atoms with Gasteiger partial charge in [-0.25, -0.2) is 18.1 Å². The smallest absolute Gasteiger partial charge is 0.373 e. The van der Waals surface area contributed by atoms with Crippen molar-refractivity contribution < 1.29 is 86.2 Å². The number of hydrogen-bond donors (Lipinski definition) is 3. The Morgan fingerprint density at radius 1 is 0.684 bits per heavy atom. The van der Waals surface area contributed by atoms with Crippen LogP contribution in [0, 0.1) is 29.1 Å². The maximum atomic E-state index is 15.1. The lowest BCUT2D eigenvalue weighted by molar-refractivity contribution is -0.433. The van der Waals surface area contributed by atoms with Crippen LogP contribution in [0.15, 0.2) is 0 Å². The molecule has 7 atom stereocenters. The van der Waals surface area contributed by atoms with Gasteiger partial charge >= 0.3 is 24.7 Å². The lowest BCUT2D eigenvalue weighted by Crippen LogP contribution is -2.73. The Balaban J connectivity index is 2.98. The Bertz CT molecular complexity index is 857. The molecule has 0 aromatic rings. The predicted octanol–water partition coefficient (Wildman–Crippen LogP) is 6.22. The summed E-state index contributed by atoms with van der Waals surface area (Å²) >= 11 is 0. The van der Waals surface area contributed by atoms with Gasteiger partial charge in [0.25, 0.3) is 17.1 Å². The van der Waals surface area contributed by atoms with Crippen molar-refractivity contribution in [3.8, 4) is 0 Å². The van der Waals surface area contributed by atoms with E-state index in [1.807, 2.05) is 0 Å². The zero-order valence-corrected chi connectivity index (χ0v) is 19.2. The van der Waals surface area contributed by atoms with Crippen molar-refractivity contribution in [3.05, 3.63) is 0 Å². The summed E-state index contributed by atoms with van der Waals surface area (Å²) in [7, 11) is 0. The van der Waals surface area contributed by atoms with Crippen molar-refractivity contribution in [3.63, 3.8) is 0 Å². The highest BCUT2D eigenvalue weighted by Gasteiger charge is 2.87. The van der Waals surface area contributed by atoms with Crippen LogP contribution in [0.2, 0.25) is 0 Å². The maximum absolute atomic E-state index is 15.1. The van der Waals surface area contributed by atoms with Gasteiger partial charge in [-0.1, -0.05) is 6.92 Å². The first-order chi connectivity index (χ1) is 16.4. The van der Waals surface area contributed by atoms with E-state index >= 15 is 4.39 Å². The Hall–Kier alpha value is -1.21. The molecule has 0 aromatic heterocycles. The monoisotopic (exact) mass is 598 g/mol. The summed E-state index contributed by atoms with van der Waals surface area (Å²) < 4.78 is 208. The molecule has 0 heterocycles. The van der Waals surface area contributed by atoms with Gasteiger partial charge in [0.15, 0.2) is 5.67 Å². The van der Waals surface area contributed by atoms with E-state index in [4.69, 9.17) is 0 Å². The van der Waals surface area contributed by atoms with E-state index in [0.717, 1.165) is 0 Å². The quantitative estimate of drug-likeness (QED) is 0.193. The molecule has 38 heavy (non-hydrogen) atoms. The highest BCUT2D eigenvalue weighted by atomic mass is 19.4. The molecule has 3 N–H and O–H groups in total. The topological polar surface area (TPSA) is 69.9 Å². The molecule has 226 valence electrons. The second-order valence-electron chi connectivity index (χ2n) is 10.3. The van der Waals surface area contributed by atoms with Crippen molar-refractivity contribution in [2.24, 2.45) is 29.1 Å². The zero-order chi connectivity index (χ0) is 30.5. The molecule has 0 saturated heterocycles. The van der Waals surface area contributed by atoms with Crippen LogP contribution in [-0.2, 0) is 4.89 Å². The van der Waals surface area contributed by atoms with E-state index in [1.165, 1.54) is 0 Å². The van der Waals surface area contributed by atoms with Gasteiger partial charge in [-0.15, -0.1) is 0 Å². The van der Waals surface area contributed by atoms with Crippen molar-refractivity contribution in [1.29, 1.82) is 0 Å². The zero-order valence-electron chi connectivity index (χ0n) is 19.2. The van der Waals surface area contributed by atoms with E-state index in [2.05, 4.69) is 4.89 Å². The SMILES string of the molecule is CC1(C(OO)C(C)(F)C(C)(F)F)CC2CC1C(C(O)(C(F)(F)F)C(F)(F)F)C2C(O)(C(F)(F)F)C(F)(F)F. The van der Waals surface area contributed by atoms with E-state index in [-0.39, 0.29) is 13.8 Å². The second-order valence-corrected chi connectivity index (χ2v) is 10.3. The van der Waals surface area contributed by atoms with Crippen LogP contribution < -0.4 is 0 Å². The standard InChI is InChI=1S/C19H21F15O4/c1-11(10(38-37)12(2,20)13(3,21)22)5-6-4-7(11)9(15(36,18(29,30)31)19(32,33)34)8(6)14(35,16(23,24)25)17(26,27)28/h6-10,35-37H,4-5H2,1-3H3. The molecule has 19 heteroatoms. The number of rotatable bonds is 6. The van der Waals surface area contributed by atoms with Crippen molar-refractivity contribution in [2.45, 2.75) is 87.2 Å². The maximum Gasteiger partial charge on any atom is 0.426 e. The van der Waals surface area contributed by atoms with Crippen LogP contribution in [0.4, 0.5) is 65.9 Å². The van der Waals surface area contributed by atoms with Gasteiger partial charge in [0.1, 0.15) is 6.10 Å². The Morgan fingerprint density at radius 2 is 1.03 bits per heavy atom. The molecular weight excluding hydrogens is 577 g/mol. The summed E-state index contributed by atoms with van der Waals surface area (Å²) in [5, 5.41) is 29.0. The van der Waals surface area contributed by atoms with Crippen LogP contribution in [0.25, 0.3) is 0 Å². The molecule has 0 aromatic carbocycles. The number of alkyl halides is 15. The van der Waals surface area contributed by atoms with Crippen LogP contribution in [0.5, 0.6) is 0 Å². The molecule has 0 radical (unpaired) electrons. The summed E-state index contributed by atoms with van der Waals surface area (Å²) in [4.78, 5) is 3.66. The van der Waals surface area contributed by atoms with Gasteiger partial charge < -0.3 is 10.2 Å². The molecule has 2 bridgehead atoms. The van der Waals surface area contributed by atoms with Gasteiger partial charge in [0.2, 0.25) is 0 Å². The van der Waals surface area contributed by atoms with Crippen molar-refractivity contribution >= 4 is 0 Å². The fourth-order valence-corrected chi connectivity index (χ4v) is 6.37. The first-order valence-electron chi connectivity index (χ1n) is 10.5. The van der Waals surface area contributed by atoms with E-state index in [9.17, 15) is 76.9 Å². The molecule has 2 aliphatic rings. The highest BCUT2D eigenvalue weighted by molar-refractivity contribution is 5.23. The Morgan fingerprint density at radius 3 is 1.32 bits per heavy atom. The average Bonchev–Trinajstić information content (AvgIpc) is 3.17. The highest BCUT2D eigenvalue weighted by Crippen LogP contribution is 2.73. The van der Waals surface area contributed by atoms with Gasteiger partial charge in [-0.05, 0) is 31.6 Å². The number of hydrogen-bond acceptors (Lipinski definition) is 4. The first kappa shape index (κ1) is 33.0. The third kappa shape index (κ3) is 4.24. The van der Waals surface area contributed by atoms with Gasteiger partial charge in [-0.3, -0.25) is 5.26 Å². The van der Waals surface area contributed by atoms with E-state index < -0.39 is 95.5 Å². The molecule has 0 spiro atoms. The van der Waals surface area contributed by atoms with E-state index in [0.29, 0.717) is 6.92 Å². The predicted molar refractivity (Wildman–Crippen MR) is 93.1 cm³/mol. The summed E-state index contributed by atoms with van der Waals surface area (Å²) in [6.45, 7) is 0.252. The van der Waals surface area contributed by atoms with Crippen LogP contribution >= 0.6 is 0 Å². The van der Waals surface area contributed by atoms with Crippen molar-refractivity contribution in [1.82, 2.24) is 0 Å². The summed E-state index contributed by atoms with van der Waals surface area (Å²) in [6.07, 6.45) is -34.0. The van der Waals surface area contributed by atoms with Crippen molar-refractivity contribution in [2.75, 3.05) is 0 Å². The molecule has 2 fully saturated rings. The fourth-order valence-electron chi connectivity index (χ4n) is 6.37. The Labute approximate surface area is 203 Å². The minimum atomic E-state index is -7.04. The molecule has 4 nitrogen and oxygen atoms in total. The van der Waals surface area contributed by atoms with Crippen LogP contribution in [0.3, 0.4) is 0 Å². The third-order valence-electron chi connectivity index (χ3n) is 8.18. The average molecular weight is 598 g/mol. The summed E-state index contributed by atoms with van der Waals surface area (Å²) in [6, 6.07) is 0. The van der Waals surface area contributed by atoms with Gasteiger partial charge in [-0.2, -0.15) is 52.7 Å². The number of aliphatic hydroxyl groups is 2. The second kappa shape index (κ2) is 8.64.